The normalized spacial score (nSPS) is 12.7. The molecule has 1 heterocycles. The van der Waals surface area contributed by atoms with Gasteiger partial charge in [0.2, 0.25) is 0 Å². The van der Waals surface area contributed by atoms with E-state index < -0.39 is 11.9 Å². The topological polar surface area (TPSA) is 38.0 Å². The lowest BCUT2D eigenvalue weighted by Crippen LogP contribution is -2.09. The minimum Gasteiger partial charge on any atom is -0.388 e. The van der Waals surface area contributed by atoms with Crippen molar-refractivity contribution in [1.82, 2.24) is 9.78 Å². The van der Waals surface area contributed by atoms with Crippen molar-refractivity contribution in [2.75, 3.05) is 0 Å². The third-order valence-electron chi connectivity index (χ3n) is 3.40. The van der Waals surface area contributed by atoms with Crippen LogP contribution in [0.1, 0.15) is 36.9 Å². The van der Waals surface area contributed by atoms with Gasteiger partial charge >= 0.3 is 0 Å². The molecule has 1 aromatic carbocycles. The Hall–Kier alpha value is -0.910. The number of aliphatic hydroxyl groups is 1. The first-order valence-electron chi connectivity index (χ1n) is 6.84. The van der Waals surface area contributed by atoms with Crippen molar-refractivity contribution in [2.45, 2.75) is 39.3 Å². The van der Waals surface area contributed by atoms with Crippen molar-refractivity contribution in [2.24, 2.45) is 0 Å². The molecule has 6 heteroatoms. The number of hydrogen-bond acceptors (Lipinski definition) is 2. The highest BCUT2D eigenvalue weighted by molar-refractivity contribution is 9.10. The van der Waals surface area contributed by atoms with E-state index in [4.69, 9.17) is 11.6 Å². The largest absolute Gasteiger partial charge is 0.388 e. The summed E-state index contributed by atoms with van der Waals surface area (Å²) in [5.41, 5.74) is 2.40. The van der Waals surface area contributed by atoms with Crippen LogP contribution in [0.25, 0.3) is 0 Å². The number of aryl methyl sites for hydroxylation is 2. The first-order chi connectivity index (χ1) is 9.97. The molecule has 1 N–H and O–H groups in total. The first-order valence-corrected chi connectivity index (χ1v) is 8.02. The molecule has 0 aliphatic rings. The fourth-order valence-electron chi connectivity index (χ4n) is 2.28. The first kappa shape index (κ1) is 16.5. The highest BCUT2D eigenvalue weighted by Crippen LogP contribution is 2.30. The van der Waals surface area contributed by atoms with E-state index in [0.29, 0.717) is 12.0 Å². The number of benzene rings is 1. The third-order valence-corrected chi connectivity index (χ3v) is 4.65. The van der Waals surface area contributed by atoms with E-state index in [1.807, 2.05) is 18.5 Å². The Morgan fingerprint density at radius 2 is 2.14 bits per heavy atom. The van der Waals surface area contributed by atoms with Gasteiger partial charge in [-0.3, -0.25) is 4.68 Å². The summed E-state index contributed by atoms with van der Waals surface area (Å²) in [5, 5.41) is 15.1. The summed E-state index contributed by atoms with van der Waals surface area (Å²) in [4.78, 5) is 0. The van der Waals surface area contributed by atoms with E-state index in [0.717, 1.165) is 28.8 Å². The molecule has 0 saturated heterocycles. The zero-order valence-electron chi connectivity index (χ0n) is 11.9. The van der Waals surface area contributed by atoms with E-state index in [-0.39, 0.29) is 5.02 Å². The molecular weight excluding hydrogens is 359 g/mol. The molecule has 2 rings (SSSR count). The molecule has 1 atom stereocenters. The molecule has 0 aliphatic carbocycles. The Kier molecular flexibility index (Phi) is 5.41. The van der Waals surface area contributed by atoms with Gasteiger partial charge in [-0.15, -0.1) is 0 Å². The number of hydrogen-bond donors (Lipinski definition) is 1. The number of halogens is 3. The molecule has 1 aromatic heterocycles. The van der Waals surface area contributed by atoms with Gasteiger partial charge < -0.3 is 5.11 Å². The maximum absolute atomic E-state index is 13.1. The maximum atomic E-state index is 13.1. The van der Waals surface area contributed by atoms with E-state index in [1.54, 1.807) is 0 Å². The van der Waals surface area contributed by atoms with Gasteiger partial charge in [-0.2, -0.15) is 5.10 Å². The van der Waals surface area contributed by atoms with E-state index in [9.17, 15) is 9.50 Å². The van der Waals surface area contributed by atoms with Crippen LogP contribution < -0.4 is 0 Å². The van der Waals surface area contributed by atoms with Crippen LogP contribution in [0, 0.1) is 5.82 Å². The summed E-state index contributed by atoms with van der Waals surface area (Å²) in [6.45, 7) is 4.75. The second-order valence-corrected chi connectivity index (χ2v) is 5.96. The minimum absolute atomic E-state index is 0.233. The van der Waals surface area contributed by atoms with Crippen LogP contribution in [0.2, 0.25) is 5.02 Å². The predicted molar refractivity (Wildman–Crippen MR) is 85.1 cm³/mol. The lowest BCUT2D eigenvalue weighted by atomic mass is 10.0. The zero-order chi connectivity index (χ0) is 15.6. The molecular formula is C15H17BrClFN2O. The molecule has 0 saturated carbocycles. The molecule has 2 aromatic rings. The quantitative estimate of drug-likeness (QED) is 0.846. The van der Waals surface area contributed by atoms with E-state index >= 15 is 0 Å². The fourth-order valence-corrected chi connectivity index (χ4v) is 3.30. The monoisotopic (exact) mass is 374 g/mol. The van der Waals surface area contributed by atoms with Crippen LogP contribution in [0.5, 0.6) is 0 Å². The molecule has 0 spiro atoms. The number of nitrogens with zero attached hydrogens (tertiary/aromatic N) is 2. The van der Waals surface area contributed by atoms with Crippen molar-refractivity contribution >= 4 is 27.5 Å². The van der Waals surface area contributed by atoms with E-state index in [2.05, 4.69) is 21.0 Å². The van der Waals surface area contributed by atoms with Crippen LogP contribution in [-0.2, 0) is 19.4 Å². The second-order valence-electron chi connectivity index (χ2n) is 4.76. The van der Waals surface area contributed by atoms with E-state index in [1.165, 1.54) is 18.2 Å². The molecule has 21 heavy (non-hydrogen) atoms. The number of aromatic nitrogens is 2. The smallest absolute Gasteiger partial charge is 0.124 e. The molecule has 0 fully saturated rings. The summed E-state index contributed by atoms with van der Waals surface area (Å²) in [6.07, 6.45) is 0.377. The van der Waals surface area contributed by atoms with Crippen molar-refractivity contribution < 1.29 is 9.50 Å². The second kappa shape index (κ2) is 6.90. The van der Waals surface area contributed by atoms with Gasteiger partial charge in [0.15, 0.2) is 0 Å². The number of rotatable bonds is 5. The average molecular weight is 376 g/mol. The van der Waals surface area contributed by atoms with Gasteiger partial charge in [0, 0.05) is 18.0 Å². The molecule has 0 amide bonds. The lowest BCUT2D eigenvalue weighted by Gasteiger charge is -2.14. The zero-order valence-corrected chi connectivity index (χ0v) is 14.2. The van der Waals surface area contributed by atoms with Crippen molar-refractivity contribution in [3.8, 4) is 0 Å². The highest BCUT2D eigenvalue weighted by Gasteiger charge is 2.20. The standard InChI is InChI=1S/C15H17BrClFN2O/c1-3-12-15(16)13(20(4-2)19-12)8-14(21)10-6-5-9(18)7-11(10)17/h5-7,14,21H,3-4,8H2,1-2H3. The van der Waals surface area contributed by atoms with Crippen LogP contribution in [-0.4, -0.2) is 14.9 Å². The Morgan fingerprint density at radius 3 is 2.71 bits per heavy atom. The van der Waals surface area contributed by atoms with Gasteiger partial charge in [-0.05, 0) is 47.0 Å². The summed E-state index contributed by atoms with van der Waals surface area (Å²) in [7, 11) is 0. The molecule has 0 aliphatic heterocycles. The van der Waals surface area contributed by atoms with Crippen molar-refractivity contribution in [3.05, 3.63) is 50.5 Å². The third kappa shape index (κ3) is 3.47. The van der Waals surface area contributed by atoms with Gasteiger partial charge in [0.05, 0.1) is 22.0 Å². The van der Waals surface area contributed by atoms with Crippen LogP contribution in [0.4, 0.5) is 4.39 Å². The molecule has 0 bridgehead atoms. The number of aliphatic hydroxyl groups excluding tert-OH is 1. The molecule has 3 nitrogen and oxygen atoms in total. The Morgan fingerprint density at radius 1 is 1.43 bits per heavy atom. The van der Waals surface area contributed by atoms with Gasteiger partial charge in [-0.1, -0.05) is 24.6 Å². The van der Waals surface area contributed by atoms with Gasteiger partial charge in [0.1, 0.15) is 5.82 Å². The van der Waals surface area contributed by atoms with Crippen LogP contribution >= 0.6 is 27.5 Å². The Bertz CT molecular complexity index is 645. The molecule has 1 unspecified atom stereocenters. The average Bonchev–Trinajstić information content (AvgIpc) is 2.75. The summed E-state index contributed by atoms with van der Waals surface area (Å²) in [6, 6.07) is 4.03. The van der Waals surface area contributed by atoms with Crippen LogP contribution in [0.3, 0.4) is 0 Å². The fraction of sp³-hybridized carbons (Fsp3) is 0.400. The van der Waals surface area contributed by atoms with Gasteiger partial charge in [-0.25, -0.2) is 4.39 Å². The van der Waals surface area contributed by atoms with Crippen molar-refractivity contribution in [3.63, 3.8) is 0 Å². The van der Waals surface area contributed by atoms with Crippen molar-refractivity contribution in [1.29, 1.82) is 0 Å². The molecule has 0 radical (unpaired) electrons. The highest BCUT2D eigenvalue weighted by atomic mass is 79.9. The Labute approximate surface area is 136 Å². The SMILES string of the molecule is CCc1nn(CC)c(CC(O)c2ccc(F)cc2Cl)c1Br. The lowest BCUT2D eigenvalue weighted by molar-refractivity contribution is 0.175. The predicted octanol–water partition coefficient (Wildman–Crippen LogP) is 4.30. The van der Waals surface area contributed by atoms with Crippen LogP contribution in [0.15, 0.2) is 22.7 Å². The van der Waals surface area contributed by atoms with Gasteiger partial charge in [0.25, 0.3) is 0 Å². The minimum atomic E-state index is -0.805. The maximum Gasteiger partial charge on any atom is 0.124 e. The molecule has 114 valence electrons. The summed E-state index contributed by atoms with van der Waals surface area (Å²) in [5.74, 6) is -0.413. The Balaban J connectivity index is 2.31. The summed E-state index contributed by atoms with van der Waals surface area (Å²) >= 11 is 9.55. The summed E-state index contributed by atoms with van der Waals surface area (Å²) < 4.78 is 15.9.